The van der Waals surface area contributed by atoms with Gasteiger partial charge >= 0.3 is 0 Å². The van der Waals surface area contributed by atoms with Crippen molar-refractivity contribution in [1.29, 1.82) is 0 Å². The van der Waals surface area contributed by atoms with Gasteiger partial charge < -0.3 is 13.9 Å². The van der Waals surface area contributed by atoms with Gasteiger partial charge in [0.25, 0.3) is 0 Å². The average molecular weight is 831 g/mol. The van der Waals surface area contributed by atoms with Gasteiger partial charge in [-0.3, -0.25) is 0 Å². The molecule has 3 heteroatoms. The molecule has 0 atom stereocenters. The van der Waals surface area contributed by atoms with E-state index < -0.39 is 0 Å². The third-order valence-corrected chi connectivity index (χ3v) is 12.9. The molecule has 2 heterocycles. The van der Waals surface area contributed by atoms with E-state index in [9.17, 15) is 0 Å². The fraction of sp³-hybridized carbons (Fsp3) is 0. The van der Waals surface area contributed by atoms with Crippen LogP contribution in [-0.4, -0.2) is 4.57 Å². The molecule has 0 unspecified atom stereocenters. The van der Waals surface area contributed by atoms with Crippen molar-refractivity contribution in [2.45, 2.75) is 0 Å². The standard InChI is InChI=1S/C62H42N2O/c1-41(50-25-12-17-43-15-3-5-21-51(43)50)31-32-42(2)63(47-35-33-45(34-36-47)53-26-13-18-44-16-4-6-22-52(44)53)48-20-11-19-46(39-48)54-27-14-29-59-62(54)56-24-7-9-28-58(56)64(59)49-37-38-61-57(40-49)55-23-8-10-30-60(55)65-61/h3-40H,1-2H2/b32-31-. The van der Waals surface area contributed by atoms with Crippen molar-refractivity contribution in [3.05, 3.63) is 255 Å². The van der Waals surface area contributed by atoms with Crippen LogP contribution >= 0.6 is 0 Å². The fourth-order valence-corrected chi connectivity index (χ4v) is 9.82. The molecule has 0 aliphatic carbocycles. The molecule has 0 aliphatic heterocycles. The van der Waals surface area contributed by atoms with E-state index in [0.29, 0.717) is 0 Å². The number of benzene rings is 10. The highest BCUT2D eigenvalue weighted by Gasteiger charge is 2.19. The van der Waals surface area contributed by atoms with Crippen LogP contribution in [0.25, 0.3) is 98.8 Å². The van der Waals surface area contributed by atoms with Gasteiger partial charge in [0.15, 0.2) is 0 Å². The fourth-order valence-electron chi connectivity index (χ4n) is 9.82. The number of hydrogen-bond donors (Lipinski definition) is 0. The Morgan fingerprint density at radius 1 is 0.431 bits per heavy atom. The Hall–Kier alpha value is -8.66. The molecular weight excluding hydrogens is 789 g/mol. The molecule has 12 aromatic rings. The maximum absolute atomic E-state index is 6.23. The third-order valence-electron chi connectivity index (χ3n) is 12.9. The molecule has 0 saturated heterocycles. The molecule has 306 valence electrons. The van der Waals surface area contributed by atoms with Gasteiger partial charge in [-0.1, -0.05) is 177 Å². The van der Waals surface area contributed by atoms with Crippen molar-refractivity contribution >= 4 is 82.2 Å². The number of nitrogens with zero attached hydrogens (tertiary/aromatic N) is 2. The van der Waals surface area contributed by atoms with Crippen LogP contribution in [0.15, 0.2) is 254 Å². The first-order valence-corrected chi connectivity index (χ1v) is 22.0. The summed E-state index contributed by atoms with van der Waals surface area (Å²) in [5.41, 5.74) is 14.7. The van der Waals surface area contributed by atoms with Crippen molar-refractivity contribution in [3.8, 4) is 27.9 Å². The number of hydrogen-bond acceptors (Lipinski definition) is 2. The van der Waals surface area contributed by atoms with Gasteiger partial charge in [0.2, 0.25) is 0 Å². The number of anilines is 2. The van der Waals surface area contributed by atoms with Crippen molar-refractivity contribution in [1.82, 2.24) is 4.57 Å². The van der Waals surface area contributed by atoms with Crippen LogP contribution in [0.3, 0.4) is 0 Å². The van der Waals surface area contributed by atoms with Crippen LogP contribution in [0.5, 0.6) is 0 Å². The van der Waals surface area contributed by atoms with Crippen LogP contribution in [0, 0.1) is 0 Å². The van der Waals surface area contributed by atoms with Crippen LogP contribution in [0.2, 0.25) is 0 Å². The topological polar surface area (TPSA) is 21.3 Å². The molecule has 0 aliphatic rings. The lowest BCUT2D eigenvalue weighted by Gasteiger charge is -2.26. The first-order valence-electron chi connectivity index (χ1n) is 22.0. The second-order valence-electron chi connectivity index (χ2n) is 16.7. The lowest BCUT2D eigenvalue weighted by molar-refractivity contribution is 0.669. The van der Waals surface area contributed by atoms with Crippen molar-refractivity contribution in [3.63, 3.8) is 0 Å². The largest absolute Gasteiger partial charge is 0.456 e. The number of allylic oxidation sites excluding steroid dienone is 3. The Bertz CT molecular complexity index is 3870. The molecule has 0 saturated carbocycles. The predicted molar refractivity (Wildman–Crippen MR) is 276 cm³/mol. The summed E-state index contributed by atoms with van der Waals surface area (Å²) in [4.78, 5) is 2.25. The van der Waals surface area contributed by atoms with E-state index in [-0.39, 0.29) is 0 Å². The first kappa shape index (κ1) is 38.0. The van der Waals surface area contributed by atoms with Crippen LogP contribution in [-0.2, 0) is 0 Å². The Labute approximate surface area is 377 Å². The summed E-state index contributed by atoms with van der Waals surface area (Å²) < 4.78 is 8.62. The summed E-state index contributed by atoms with van der Waals surface area (Å²) in [5.74, 6) is 0. The maximum atomic E-state index is 6.23. The summed E-state index contributed by atoms with van der Waals surface area (Å²) in [6, 6.07) is 77.8. The number of para-hydroxylation sites is 2. The SMILES string of the molecule is C=C(/C=C\C(=C)N(c1ccc(-c2cccc3ccccc23)cc1)c1cccc(-c2cccc3c2c2ccccc2n3-c2ccc3oc4ccccc4c3c2)c1)c1cccc2ccccc12. The summed E-state index contributed by atoms with van der Waals surface area (Å²) in [5, 5.41) is 9.44. The lowest BCUT2D eigenvalue weighted by atomic mass is 9.97. The van der Waals surface area contributed by atoms with Gasteiger partial charge in [-0.2, -0.15) is 0 Å². The number of rotatable bonds is 9. The molecule has 0 radical (unpaired) electrons. The summed E-state index contributed by atoms with van der Waals surface area (Å²) in [7, 11) is 0. The normalized spacial score (nSPS) is 11.8. The van der Waals surface area contributed by atoms with Crippen molar-refractivity contribution in [2.24, 2.45) is 0 Å². The smallest absolute Gasteiger partial charge is 0.135 e. The quantitative estimate of drug-likeness (QED) is 0.135. The van der Waals surface area contributed by atoms with E-state index >= 15 is 0 Å². The lowest BCUT2D eigenvalue weighted by Crippen LogP contribution is -2.14. The highest BCUT2D eigenvalue weighted by Crippen LogP contribution is 2.42. The first-order chi connectivity index (χ1) is 32.1. The van der Waals surface area contributed by atoms with E-state index in [1.165, 1.54) is 37.9 Å². The monoisotopic (exact) mass is 830 g/mol. The number of fused-ring (bicyclic) bond motifs is 8. The zero-order chi connectivity index (χ0) is 43.4. The Balaban J connectivity index is 0.978. The van der Waals surface area contributed by atoms with Gasteiger partial charge in [0, 0.05) is 44.3 Å². The molecule has 0 N–H and O–H groups in total. The summed E-state index contributed by atoms with van der Waals surface area (Å²) in [6.07, 6.45) is 4.18. The van der Waals surface area contributed by atoms with Crippen LogP contribution in [0.4, 0.5) is 11.4 Å². The Kier molecular flexibility index (Phi) is 9.13. The molecule has 10 aromatic carbocycles. The minimum atomic E-state index is 0.818. The van der Waals surface area contributed by atoms with Gasteiger partial charge in [0.1, 0.15) is 11.2 Å². The number of aromatic nitrogens is 1. The molecule has 2 aromatic heterocycles. The van der Waals surface area contributed by atoms with Gasteiger partial charge in [-0.05, 0) is 122 Å². The second-order valence-corrected chi connectivity index (χ2v) is 16.7. The van der Waals surface area contributed by atoms with E-state index in [1.54, 1.807) is 0 Å². The van der Waals surface area contributed by atoms with E-state index in [1.807, 2.05) is 12.1 Å². The van der Waals surface area contributed by atoms with Crippen molar-refractivity contribution < 1.29 is 4.42 Å². The van der Waals surface area contributed by atoms with E-state index in [2.05, 4.69) is 234 Å². The third kappa shape index (κ3) is 6.52. The molecule has 0 fully saturated rings. The molecule has 0 bridgehead atoms. The summed E-state index contributed by atoms with van der Waals surface area (Å²) >= 11 is 0. The van der Waals surface area contributed by atoms with Gasteiger partial charge in [-0.15, -0.1) is 0 Å². The van der Waals surface area contributed by atoms with E-state index in [4.69, 9.17) is 11.0 Å². The molecule has 0 spiro atoms. The average Bonchev–Trinajstić information content (AvgIpc) is 3.91. The highest BCUT2D eigenvalue weighted by atomic mass is 16.3. The Morgan fingerprint density at radius 3 is 1.91 bits per heavy atom. The highest BCUT2D eigenvalue weighted by molar-refractivity contribution is 6.16. The maximum Gasteiger partial charge on any atom is 0.135 e. The molecular formula is C62H42N2O. The molecule has 3 nitrogen and oxygen atoms in total. The molecule has 0 amide bonds. The van der Waals surface area contributed by atoms with Crippen LogP contribution < -0.4 is 4.90 Å². The van der Waals surface area contributed by atoms with Crippen LogP contribution in [0.1, 0.15) is 5.56 Å². The minimum absolute atomic E-state index is 0.818. The number of furan rings is 1. The zero-order valence-corrected chi connectivity index (χ0v) is 35.7. The Morgan fingerprint density at radius 2 is 1.06 bits per heavy atom. The van der Waals surface area contributed by atoms with E-state index in [0.717, 1.165) is 83.6 Å². The minimum Gasteiger partial charge on any atom is -0.456 e. The van der Waals surface area contributed by atoms with Gasteiger partial charge in [-0.25, -0.2) is 0 Å². The molecule has 65 heavy (non-hydrogen) atoms. The second kappa shape index (κ2) is 15.6. The van der Waals surface area contributed by atoms with Crippen molar-refractivity contribution in [2.75, 3.05) is 4.90 Å². The summed E-state index contributed by atoms with van der Waals surface area (Å²) in [6.45, 7) is 9.24. The molecule has 12 rings (SSSR count). The van der Waals surface area contributed by atoms with Gasteiger partial charge in [0.05, 0.1) is 11.0 Å². The predicted octanol–water partition coefficient (Wildman–Crippen LogP) is 17.2. The zero-order valence-electron chi connectivity index (χ0n) is 35.7.